The quantitative estimate of drug-likeness (QED) is 0.655. The van der Waals surface area contributed by atoms with Crippen LogP contribution in [0.3, 0.4) is 0 Å². The van der Waals surface area contributed by atoms with Crippen LogP contribution in [0, 0.1) is 0 Å². The Bertz CT molecular complexity index is 349. The number of hydrogen-bond donors (Lipinski definition) is 2. The van der Waals surface area contributed by atoms with Crippen LogP contribution in [0.4, 0.5) is 0 Å². The van der Waals surface area contributed by atoms with Crippen LogP contribution >= 0.6 is 0 Å². The van der Waals surface area contributed by atoms with E-state index in [1.165, 1.54) is 0 Å². The number of morpholine rings is 1. The highest BCUT2D eigenvalue weighted by atomic mass is 16.5. The van der Waals surface area contributed by atoms with Gasteiger partial charge in [0.25, 0.3) is 5.56 Å². The van der Waals surface area contributed by atoms with E-state index in [0.717, 1.165) is 31.9 Å². The SMILES string of the molecule is Cn1[nH]c(=O)cc1CC1COCCN1. The Balaban J connectivity index is 2.02. The lowest BCUT2D eigenvalue weighted by Crippen LogP contribution is -2.42. The molecule has 1 saturated heterocycles. The summed E-state index contributed by atoms with van der Waals surface area (Å²) in [6.45, 7) is 2.39. The lowest BCUT2D eigenvalue weighted by molar-refractivity contribution is 0.0764. The van der Waals surface area contributed by atoms with Crippen LogP contribution in [-0.2, 0) is 18.2 Å². The number of ether oxygens (including phenoxy) is 1. The van der Waals surface area contributed by atoms with Crippen LogP contribution in [0.25, 0.3) is 0 Å². The second kappa shape index (κ2) is 3.98. The van der Waals surface area contributed by atoms with Gasteiger partial charge in [0.1, 0.15) is 0 Å². The fraction of sp³-hybridized carbons (Fsp3) is 0.667. The molecule has 0 saturated carbocycles. The molecule has 5 nitrogen and oxygen atoms in total. The average Bonchev–Trinajstić information content (AvgIpc) is 2.47. The summed E-state index contributed by atoms with van der Waals surface area (Å²) >= 11 is 0. The molecule has 0 spiro atoms. The molecule has 2 N–H and O–H groups in total. The van der Waals surface area contributed by atoms with Crippen molar-refractivity contribution >= 4 is 0 Å². The molecule has 5 heteroatoms. The predicted molar refractivity (Wildman–Crippen MR) is 52.3 cm³/mol. The molecule has 0 amide bonds. The third-order valence-corrected chi connectivity index (χ3v) is 2.46. The molecular weight excluding hydrogens is 182 g/mol. The molecule has 2 rings (SSSR count). The molecule has 1 aliphatic heterocycles. The van der Waals surface area contributed by atoms with Crippen LogP contribution in [0.2, 0.25) is 0 Å². The summed E-state index contributed by atoms with van der Waals surface area (Å²) in [7, 11) is 1.85. The van der Waals surface area contributed by atoms with Crippen LogP contribution in [0.5, 0.6) is 0 Å². The van der Waals surface area contributed by atoms with Gasteiger partial charge in [0, 0.05) is 37.8 Å². The van der Waals surface area contributed by atoms with Crippen molar-refractivity contribution in [1.29, 1.82) is 0 Å². The Morgan fingerprint density at radius 2 is 2.57 bits per heavy atom. The highest BCUT2D eigenvalue weighted by Gasteiger charge is 2.15. The van der Waals surface area contributed by atoms with E-state index >= 15 is 0 Å². The summed E-state index contributed by atoms with van der Waals surface area (Å²) in [5.74, 6) is 0. The zero-order valence-corrected chi connectivity index (χ0v) is 8.25. The Morgan fingerprint density at radius 3 is 3.14 bits per heavy atom. The van der Waals surface area contributed by atoms with Crippen molar-refractivity contribution in [3.8, 4) is 0 Å². The molecule has 14 heavy (non-hydrogen) atoms. The van der Waals surface area contributed by atoms with Crippen LogP contribution in [0.1, 0.15) is 5.69 Å². The molecule has 2 heterocycles. The van der Waals surface area contributed by atoms with Gasteiger partial charge in [0.15, 0.2) is 0 Å². The van der Waals surface area contributed by atoms with E-state index in [9.17, 15) is 4.79 Å². The van der Waals surface area contributed by atoms with Gasteiger partial charge in [-0.05, 0) is 0 Å². The van der Waals surface area contributed by atoms with E-state index in [0.29, 0.717) is 6.04 Å². The fourth-order valence-electron chi connectivity index (χ4n) is 1.72. The number of aryl methyl sites for hydroxylation is 1. The first-order valence-electron chi connectivity index (χ1n) is 4.82. The van der Waals surface area contributed by atoms with E-state index < -0.39 is 0 Å². The first kappa shape index (κ1) is 9.48. The van der Waals surface area contributed by atoms with Crippen molar-refractivity contribution in [2.45, 2.75) is 12.5 Å². The van der Waals surface area contributed by atoms with E-state index in [1.54, 1.807) is 10.7 Å². The number of nitrogens with one attached hydrogen (secondary N) is 2. The molecule has 1 fully saturated rings. The highest BCUT2D eigenvalue weighted by Crippen LogP contribution is 2.02. The van der Waals surface area contributed by atoms with E-state index in [2.05, 4.69) is 10.4 Å². The van der Waals surface area contributed by atoms with E-state index in [4.69, 9.17) is 4.74 Å². The Morgan fingerprint density at radius 1 is 1.71 bits per heavy atom. The van der Waals surface area contributed by atoms with Gasteiger partial charge in [-0.2, -0.15) is 0 Å². The molecule has 0 radical (unpaired) electrons. The maximum atomic E-state index is 11.0. The van der Waals surface area contributed by atoms with Gasteiger partial charge < -0.3 is 10.1 Å². The summed E-state index contributed by atoms with van der Waals surface area (Å²) in [5, 5.41) is 6.04. The molecule has 1 aliphatic rings. The average molecular weight is 197 g/mol. The second-order valence-electron chi connectivity index (χ2n) is 3.60. The van der Waals surface area contributed by atoms with Crippen LogP contribution < -0.4 is 10.9 Å². The summed E-state index contributed by atoms with van der Waals surface area (Å²) in [6, 6.07) is 1.96. The van der Waals surface area contributed by atoms with Gasteiger partial charge in [-0.25, -0.2) is 0 Å². The Labute approximate surface area is 82.0 Å². The molecule has 0 aliphatic carbocycles. The summed E-state index contributed by atoms with van der Waals surface area (Å²) in [4.78, 5) is 11.0. The van der Waals surface area contributed by atoms with Crippen molar-refractivity contribution < 1.29 is 4.74 Å². The standard InChI is InChI=1S/C9H15N3O2/c1-12-8(5-9(13)11-12)4-7-6-14-3-2-10-7/h5,7,10H,2-4,6H2,1H3,(H,11,13). The normalized spacial score (nSPS) is 22.5. The highest BCUT2D eigenvalue weighted by molar-refractivity contribution is 5.03. The number of rotatable bonds is 2. The minimum atomic E-state index is -0.0424. The van der Waals surface area contributed by atoms with Gasteiger partial charge >= 0.3 is 0 Å². The number of aromatic nitrogens is 2. The Hall–Kier alpha value is -1.07. The summed E-state index contributed by atoms with van der Waals surface area (Å²) in [5.41, 5.74) is 0.970. The number of aromatic amines is 1. The molecule has 1 aromatic rings. The topological polar surface area (TPSA) is 59.0 Å². The van der Waals surface area contributed by atoms with Gasteiger partial charge in [-0.1, -0.05) is 0 Å². The van der Waals surface area contributed by atoms with Crippen LogP contribution in [0.15, 0.2) is 10.9 Å². The third-order valence-electron chi connectivity index (χ3n) is 2.46. The zero-order chi connectivity index (χ0) is 9.97. The molecule has 78 valence electrons. The van der Waals surface area contributed by atoms with Crippen molar-refractivity contribution in [1.82, 2.24) is 15.1 Å². The van der Waals surface area contributed by atoms with Crippen LogP contribution in [-0.4, -0.2) is 35.6 Å². The monoisotopic (exact) mass is 197 g/mol. The number of H-pyrrole nitrogens is 1. The maximum Gasteiger partial charge on any atom is 0.264 e. The molecular formula is C9H15N3O2. The molecule has 0 bridgehead atoms. The van der Waals surface area contributed by atoms with E-state index in [1.807, 2.05) is 7.05 Å². The maximum absolute atomic E-state index is 11.0. The van der Waals surface area contributed by atoms with Gasteiger partial charge in [0.2, 0.25) is 0 Å². The lowest BCUT2D eigenvalue weighted by atomic mass is 10.1. The first-order chi connectivity index (χ1) is 6.75. The third kappa shape index (κ3) is 2.05. The van der Waals surface area contributed by atoms with Gasteiger partial charge in [-0.3, -0.25) is 14.6 Å². The fourth-order valence-corrected chi connectivity index (χ4v) is 1.72. The smallest absolute Gasteiger partial charge is 0.264 e. The molecule has 0 aromatic carbocycles. The number of nitrogens with zero attached hydrogens (tertiary/aromatic N) is 1. The largest absolute Gasteiger partial charge is 0.379 e. The molecule has 1 aromatic heterocycles. The minimum Gasteiger partial charge on any atom is -0.379 e. The number of hydrogen-bond acceptors (Lipinski definition) is 3. The zero-order valence-electron chi connectivity index (χ0n) is 8.25. The predicted octanol–water partition coefficient (Wildman–Crippen LogP) is -0.756. The van der Waals surface area contributed by atoms with Gasteiger partial charge in [-0.15, -0.1) is 0 Å². The second-order valence-corrected chi connectivity index (χ2v) is 3.60. The van der Waals surface area contributed by atoms with Crippen molar-refractivity contribution in [3.05, 3.63) is 22.1 Å². The molecule has 1 unspecified atom stereocenters. The van der Waals surface area contributed by atoms with Crippen molar-refractivity contribution in [2.75, 3.05) is 19.8 Å². The van der Waals surface area contributed by atoms with Gasteiger partial charge in [0.05, 0.1) is 13.2 Å². The molecule has 1 atom stereocenters. The summed E-state index contributed by atoms with van der Waals surface area (Å²) in [6.07, 6.45) is 0.829. The Kier molecular flexibility index (Phi) is 2.69. The summed E-state index contributed by atoms with van der Waals surface area (Å²) < 4.78 is 7.10. The minimum absolute atomic E-state index is 0.0424. The van der Waals surface area contributed by atoms with Crippen molar-refractivity contribution in [2.24, 2.45) is 7.05 Å². The van der Waals surface area contributed by atoms with Crippen molar-refractivity contribution in [3.63, 3.8) is 0 Å². The first-order valence-corrected chi connectivity index (χ1v) is 4.82. The lowest BCUT2D eigenvalue weighted by Gasteiger charge is -2.23. The van der Waals surface area contributed by atoms with E-state index in [-0.39, 0.29) is 5.56 Å².